The van der Waals surface area contributed by atoms with Crippen molar-refractivity contribution in [2.75, 3.05) is 25.5 Å². The Kier molecular flexibility index (Phi) is 3.36. The van der Waals surface area contributed by atoms with E-state index in [2.05, 4.69) is 19.2 Å². The number of likely N-dealkylation sites (tertiary alicyclic amines) is 1. The number of rotatable bonds is 2. The zero-order valence-electron chi connectivity index (χ0n) is 10.7. The fraction of sp³-hybridized carbons (Fsp3) is 0.500. The average molecular weight is 232 g/mol. The molecule has 0 radical (unpaired) electrons. The van der Waals surface area contributed by atoms with Crippen molar-refractivity contribution in [2.45, 2.75) is 13.8 Å². The van der Waals surface area contributed by atoms with Crippen molar-refractivity contribution < 1.29 is 4.79 Å². The third-order valence-electron chi connectivity index (χ3n) is 3.70. The molecule has 1 amide bonds. The average Bonchev–Trinajstić information content (AvgIpc) is 2.69. The second-order valence-corrected chi connectivity index (χ2v) is 4.99. The summed E-state index contributed by atoms with van der Waals surface area (Å²) in [5.74, 6) is 1.37. The molecule has 3 nitrogen and oxygen atoms in total. The van der Waals surface area contributed by atoms with E-state index < -0.39 is 0 Å². The minimum Gasteiger partial charge on any atom is -0.388 e. The van der Waals surface area contributed by atoms with E-state index in [4.69, 9.17) is 0 Å². The van der Waals surface area contributed by atoms with E-state index in [0.717, 1.165) is 24.3 Å². The number of anilines is 1. The van der Waals surface area contributed by atoms with Crippen LogP contribution in [0.2, 0.25) is 0 Å². The Morgan fingerprint density at radius 3 is 2.18 bits per heavy atom. The smallest absolute Gasteiger partial charge is 0.253 e. The Hall–Kier alpha value is -1.51. The Morgan fingerprint density at radius 1 is 1.18 bits per heavy atom. The van der Waals surface area contributed by atoms with Gasteiger partial charge in [-0.05, 0) is 36.1 Å². The van der Waals surface area contributed by atoms with E-state index >= 15 is 0 Å². The van der Waals surface area contributed by atoms with Crippen molar-refractivity contribution >= 4 is 11.6 Å². The molecule has 1 aliphatic rings. The summed E-state index contributed by atoms with van der Waals surface area (Å²) in [7, 11) is 1.88. The van der Waals surface area contributed by atoms with Crippen LogP contribution in [0.25, 0.3) is 0 Å². The summed E-state index contributed by atoms with van der Waals surface area (Å²) >= 11 is 0. The maximum atomic E-state index is 12.2. The van der Waals surface area contributed by atoms with Gasteiger partial charge >= 0.3 is 0 Å². The fourth-order valence-electron chi connectivity index (χ4n) is 2.26. The van der Waals surface area contributed by atoms with Gasteiger partial charge in [-0.15, -0.1) is 0 Å². The molecule has 0 bridgehead atoms. The molecule has 1 aromatic rings. The minimum absolute atomic E-state index is 0.156. The lowest BCUT2D eigenvalue weighted by atomic mass is 10.0. The number of nitrogens with zero attached hydrogens (tertiary/aromatic N) is 1. The zero-order chi connectivity index (χ0) is 12.4. The summed E-state index contributed by atoms with van der Waals surface area (Å²) in [5.41, 5.74) is 1.81. The van der Waals surface area contributed by atoms with Gasteiger partial charge in [0.05, 0.1) is 0 Å². The SMILES string of the molecule is CNc1ccc(C(=O)N2CC(C)C(C)C2)cc1. The summed E-state index contributed by atoms with van der Waals surface area (Å²) in [6.07, 6.45) is 0. The highest BCUT2D eigenvalue weighted by molar-refractivity contribution is 5.94. The molecule has 2 atom stereocenters. The number of amides is 1. The lowest BCUT2D eigenvalue weighted by Crippen LogP contribution is -2.28. The topological polar surface area (TPSA) is 32.3 Å². The first kappa shape index (κ1) is 12.0. The molecule has 1 aromatic carbocycles. The molecule has 1 saturated heterocycles. The Bertz CT molecular complexity index is 389. The number of carbonyl (C=O) groups is 1. The number of nitrogens with one attached hydrogen (secondary N) is 1. The Morgan fingerprint density at radius 2 is 1.71 bits per heavy atom. The molecule has 0 saturated carbocycles. The molecule has 1 heterocycles. The van der Waals surface area contributed by atoms with Gasteiger partial charge in [-0.2, -0.15) is 0 Å². The molecule has 92 valence electrons. The van der Waals surface area contributed by atoms with Gasteiger partial charge in [0.1, 0.15) is 0 Å². The predicted octanol–water partition coefficient (Wildman–Crippen LogP) is 2.46. The quantitative estimate of drug-likeness (QED) is 0.849. The molecule has 17 heavy (non-hydrogen) atoms. The molecule has 1 aliphatic heterocycles. The van der Waals surface area contributed by atoms with Gasteiger partial charge in [0.25, 0.3) is 5.91 Å². The van der Waals surface area contributed by atoms with E-state index in [9.17, 15) is 4.79 Å². The summed E-state index contributed by atoms with van der Waals surface area (Å²) in [6.45, 7) is 6.19. The number of benzene rings is 1. The molecule has 2 unspecified atom stereocenters. The molecule has 0 aromatic heterocycles. The fourth-order valence-corrected chi connectivity index (χ4v) is 2.26. The first-order chi connectivity index (χ1) is 8.11. The maximum Gasteiger partial charge on any atom is 0.253 e. The highest BCUT2D eigenvalue weighted by atomic mass is 16.2. The minimum atomic E-state index is 0.156. The summed E-state index contributed by atoms with van der Waals surface area (Å²) < 4.78 is 0. The number of hydrogen-bond donors (Lipinski definition) is 1. The van der Waals surface area contributed by atoms with Crippen LogP contribution in [0.4, 0.5) is 5.69 Å². The zero-order valence-corrected chi connectivity index (χ0v) is 10.7. The summed E-state index contributed by atoms with van der Waals surface area (Å²) in [5, 5.41) is 3.05. The lowest BCUT2D eigenvalue weighted by Gasteiger charge is -2.16. The molecular weight excluding hydrogens is 212 g/mol. The van der Waals surface area contributed by atoms with Gasteiger partial charge in [-0.3, -0.25) is 4.79 Å². The highest BCUT2D eigenvalue weighted by Gasteiger charge is 2.29. The van der Waals surface area contributed by atoms with E-state index in [-0.39, 0.29) is 5.91 Å². The van der Waals surface area contributed by atoms with Crippen LogP contribution < -0.4 is 5.32 Å². The van der Waals surface area contributed by atoms with Gasteiger partial charge in [-0.25, -0.2) is 0 Å². The van der Waals surface area contributed by atoms with Crippen molar-refractivity contribution in [3.05, 3.63) is 29.8 Å². The van der Waals surface area contributed by atoms with Crippen molar-refractivity contribution in [3.8, 4) is 0 Å². The van der Waals surface area contributed by atoms with Crippen molar-refractivity contribution in [1.82, 2.24) is 4.90 Å². The van der Waals surface area contributed by atoms with Gasteiger partial charge in [0.2, 0.25) is 0 Å². The highest BCUT2D eigenvalue weighted by Crippen LogP contribution is 2.24. The van der Waals surface area contributed by atoms with Crippen LogP contribution in [-0.2, 0) is 0 Å². The lowest BCUT2D eigenvalue weighted by molar-refractivity contribution is 0.0785. The maximum absolute atomic E-state index is 12.2. The Labute approximate surface area is 103 Å². The van der Waals surface area contributed by atoms with Crippen LogP contribution in [0.5, 0.6) is 0 Å². The van der Waals surface area contributed by atoms with Crippen LogP contribution in [0.3, 0.4) is 0 Å². The molecule has 0 spiro atoms. The third-order valence-corrected chi connectivity index (χ3v) is 3.70. The third kappa shape index (κ3) is 2.43. The number of hydrogen-bond acceptors (Lipinski definition) is 2. The molecule has 1 N–H and O–H groups in total. The van der Waals surface area contributed by atoms with Crippen molar-refractivity contribution in [1.29, 1.82) is 0 Å². The molecule has 2 rings (SSSR count). The van der Waals surface area contributed by atoms with E-state index in [1.165, 1.54) is 0 Å². The van der Waals surface area contributed by atoms with Crippen LogP contribution in [-0.4, -0.2) is 30.9 Å². The van der Waals surface area contributed by atoms with Crippen LogP contribution in [0.15, 0.2) is 24.3 Å². The van der Waals surface area contributed by atoms with Crippen LogP contribution in [0, 0.1) is 11.8 Å². The van der Waals surface area contributed by atoms with Gasteiger partial charge in [0, 0.05) is 31.4 Å². The van der Waals surface area contributed by atoms with Crippen molar-refractivity contribution in [3.63, 3.8) is 0 Å². The second-order valence-electron chi connectivity index (χ2n) is 4.99. The van der Waals surface area contributed by atoms with Crippen LogP contribution in [0.1, 0.15) is 24.2 Å². The largest absolute Gasteiger partial charge is 0.388 e. The normalized spacial score (nSPS) is 23.8. The first-order valence-electron chi connectivity index (χ1n) is 6.19. The standard InChI is InChI=1S/C14H20N2O/c1-10-8-16(9-11(10)2)14(17)12-4-6-13(15-3)7-5-12/h4-7,10-11,15H,8-9H2,1-3H3. The van der Waals surface area contributed by atoms with E-state index in [1.54, 1.807) is 0 Å². The predicted molar refractivity (Wildman–Crippen MR) is 70.2 cm³/mol. The molecule has 3 heteroatoms. The second kappa shape index (κ2) is 4.78. The van der Waals surface area contributed by atoms with E-state index in [0.29, 0.717) is 11.8 Å². The van der Waals surface area contributed by atoms with Crippen LogP contribution >= 0.6 is 0 Å². The first-order valence-corrected chi connectivity index (χ1v) is 6.19. The van der Waals surface area contributed by atoms with E-state index in [1.807, 2.05) is 36.2 Å². The van der Waals surface area contributed by atoms with Gasteiger partial charge in [-0.1, -0.05) is 13.8 Å². The summed E-state index contributed by atoms with van der Waals surface area (Å²) in [4.78, 5) is 14.2. The van der Waals surface area contributed by atoms with Gasteiger partial charge in [0.15, 0.2) is 0 Å². The summed E-state index contributed by atoms with van der Waals surface area (Å²) in [6, 6.07) is 7.66. The number of carbonyl (C=O) groups excluding carboxylic acids is 1. The molecule has 0 aliphatic carbocycles. The molecular formula is C14H20N2O. The monoisotopic (exact) mass is 232 g/mol. The molecule has 1 fully saturated rings. The van der Waals surface area contributed by atoms with Crippen molar-refractivity contribution in [2.24, 2.45) is 11.8 Å². The van der Waals surface area contributed by atoms with Gasteiger partial charge < -0.3 is 10.2 Å². The Balaban J connectivity index is 2.09.